The lowest BCUT2D eigenvalue weighted by Gasteiger charge is -2.21. The van der Waals surface area contributed by atoms with Gasteiger partial charge in [0.1, 0.15) is 23.0 Å². The van der Waals surface area contributed by atoms with Crippen LogP contribution < -0.4 is 19.5 Å². The zero-order chi connectivity index (χ0) is 21.7. The molecule has 0 aromatic heterocycles. The van der Waals surface area contributed by atoms with Crippen LogP contribution in [-0.4, -0.2) is 40.1 Å². The number of hydrogen-bond donors (Lipinski definition) is 2. The van der Waals surface area contributed by atoms with Gasteiger partial charge in [0.25, 0.3) is 5.91 Å². The third-order valence-electron chi connectivity index (χ3n) is 3.80. The number of amides is 1. The van der Waals surface area contributed by atoms with Gasteiger partial charge in [-0.3, -0.25) is 4.79 Å². The van der Waals surface area contributed by atoms with Crippen LogP contribution >= 0.6 is 0 Å². The molecule has 1 amide bonds. The van der Waals surface area contributed by atoms with Crippen molar-refractivity contribution in [3.8, 4) is 11.5 Å². The van der Waals surface area contributed by atoms with Crippen molar-refractivity contribution in [1.29, 1.82) is 0 Å². The Morgan fingerprint density at radius 1 is 1.10 bits per heavy atom. The van der Waals surface area contributed by atoms with E-state index >= 15 is 0 Å². The van der Waals surface area contributed by atoms with Crippen molar-refractivity contribution in [1.82, 2.24) is 10.0 Å². The summed E-state index contributed by atoms with van der Waals surface area (Å²) in [7, 11) is -2.48. The highest BCUT2D eigenvalue weighted by molar-refractivity contribution is 7.89. The van der Waals surface area contributed by atoms with Crippen LogP contribution in [0.1, 0.15) is 36.7 Å². The van der Waals surface area contributed by atoms with Gasteiger partial charge < -0.3 is 14.8 Å². The smallest absolute Gasteiger partial charge is 0.251 e. The number of aryl methyl sites for hydroxylation is 1. The van der Waals surface area contributed by atoms with E-state index in [0.29, 0.717) is 6.61 Å². The largest absolute Gasteiger partial charge is 0.495 e. The lowest BCUT2D eigenvalue weighted by Crippen LogP contribution is -2.40. The minimum absolute atomic E-state index is 0.0846. The number of hydrogen-bond acceptors (Lipinski definition) is 5. The molecule has 158 valence electrons. The second-order valence-electron chi connectivity index (χ2n) is 7.64. The Balaban J connectivity index is 2.07. The Bertz CT molecular complexity index is 965. The minimum Gasteiger partial charge on any atom is -0.495 e. The minimum atomic E-state index is -3.86. The van der Waals surface area contributed by atoms with Gasteiger partial charge in [0, 0.05) is 11.1 Å². The molecule has 0 atom stereocenters. The molecule has 0 heterocycles. The van der Waals surface area contributed by atoms with Gasteiger partial charge in [0.15, 0.2) is 0 Å². The lowest BCUT2D eigenvalue weighted by molar-refractivity contribution is 0.0946. The number of carbonyl (C=O) groups excluding carboxylic acids is 1. The van der Waals surface area contributed by atoms with E-state index in [1.54, 1.807) is 20.8 Å². The maximum absolute atomic E-state index is 12.7. The highest BCUT2D eigenvalue weighted by Gasteiger charge is 2.26. The van der Waals surface area contributed by atoms with Crippen molar-refractivity contribution < 1.29 is 22.7 Å². The SMILES string of the molecule is COc1ccc(C(=O)NCCOc2cccc(C)c2)cc1S(=O)(=O)NC(C)(C)C. The van der Waals surface area contributed by atoms with Gasteiger partial charge in [-0.25, -0.2) is 13.1 Å². The second kappa shape index (κ2) is 9.28. The summed E-state index contributed by atoms with van der Waals surface area (Å²) in [6.07, 6.45) is 0. The monoisotopic (exact) mass is 420 g/mol. The molecule has 2 rings (SSSR count). The van der Waals surface area contributed by atoms with Crippen LogP contribution in [0.25, 0.3) is 0 Å². The summed E-state index contributed by atoms with van der Waals surface area (Å²) >= 11 is 0. The van der Waals surface area contributed by atoms with E-state index in [0.717, 1.165) is 11.3 Å². The summed E-state index contributed by atoms with van der Waals surface area (Å²) in [5, 5.41) is 2.73. The topological polar surface area (TPSA) is 93.7 Å². The predicted molar refractivity (Wildman–Crippen MR) is 112 cm³/mol. The average molecular weight is 421 g/mol. The zero-order valence-electron chi connectivity index (χ0n) is 17.4. The summed E-state index contributed by atoms with van der Waals surface area (Å²) < 4.78 is 38.7. The average Bonchev–Trinajstić information content (AvgIpc) is 2.62. The van der Waals surface area contributed by atoms with Crippen molar-refractivity contribution in [2.45, 2.75) is 38.1 Å². The fourth-order valence-corrected chi connectivity index (χ4v) is 4.24. The quantitative estimate of drug-likeness (QED) is 0.641. The molecule has 0 aliphatic carbocycles. The predicted octanol–water partition coefficient (Wildman–Crippen LogP) is 2.89. The van der Waals surface area contributed by atoms with E-state index in [9.17, 15) is 13.2 Å². The van der Waals surface area contributed by atoms with Crippen LogP contribution in [0.3, 0.4) is 0 Å². The highest BCUT2D eigenvalue weighted by atomic mass is 32.2. The molecule has 8 heteroatoms. The first kappa shape index (κ1) is 22.7. The van der Waals surface area contributed by atoms with Crippen LogP contribution in [0.15, 0.2) is 47.4 Å². The molecule has 0 bridgehead atoms. The second-order valence-corrected chi connectivity index (χ2v) is 9.29. The maximum atomic E-state index is 12.7. The first-order chi connectivity index (χ1) is 13.5. The van der Waals surface area contributed by atoms with Gasteiger partial charge in [-0.05, 0) is 63.6 Å². The Kier molecular flexibility index (Phi) is 7.26. The van der Waals surface area contributed by atoms with Crippen LogP contribution in [-0.2, 0) is 10.0 Å². The zero-order valence-corrected chi connectivity index (χ0v) is 18.2. The Hall–Kier alpha value is -2.58. The molecular formula is C21H28N2O5S. The van der Waals surface area contributed by atoms with Crippen LogP contribution in [0.5, 0.6) is 11.5 Å². The third kappa shape index (κ3) is 6.76. The number of methoxy groups -OCH3 is 1. The van der Waals surface area contributed by atoms with Crippen molar-refractivity contribution in [2.24, 2.45) is 0 Å². The lowest BCUT2D eigenvalue weighted by atomic mass is 10.1. The molecule has 0 aliphatic rings. The van der Waals surface area contributed by atoms with Gasteiger partial charge in [-0.15, -0.1) is 0 Å². The molecule has 7 nitrogen and oxygen atoms in total. The van der Waals surface area contributed by atoms with Crippen LogP contribution in [0.4, 0.5) is 0 Å². The first-order valence-corrected chi connectivity index (χ1v) is 10.7. The van der Waals surface area contributed by atoms with E-state index in [1.165, 1.54) is 25.3 Å². The van der Waals surface area contributed by atoms with Crippen LogP contribution in [0, 0.1) is 6.92 Å². The van der Waals surface area contributed by atoms with E-state index in [-0.39, 0.29) is 22.8 Å². The van der Waals surface area contributed by atoms with Gasteiger partial charge in [0.05, 0.1) is 13.7 Å². The summed E-state index contributed by atoms with van der Waals surface area (Å²) in [5.41, 5.74) is 0.632. The van der Waals surface area contributed by atoms with E-state index in [2.05, 4.69) is 10.0 Å². The summed E-state index contributed by atoms with van der Waals surface area (Å²) in [6, 6.07) is 11.9. The van der Waals surface area contributed by atoms with Gasteiger partial charge in [0.2, 0.25) is 10.0 Å². The molecule has 0 saturated carbocycles. The number of sulfonamides is 1. The number of ether oxygens (including phenoxy) is 2. The fraction of sp³-hybridized carbons (Fsp3) is 0.381. The van der Waals surface area contributed by atoms with Crippen molar-refractivity contribution in [3.05, 3.63) is 53.6 Å². The molecule has 0 fully saturated rings. The molecule has 0 spiro atoms. The van der Waals surface area contributed by atoms with Gasteiger partial charge in [-0.2, -0.15) is 0 Å². The number of nitrogens with one attached hydrogen (secondary N) is 2. The normalized spacial score (nSPS) is 11.8. The number of carbonyl (C=O) groups is 1. The Morgan fingerprint density at radius 2 is 1.83 bits per heavy atom. The van der Waals surface area contributed by atoms with Crippen molar-refractivity contribution in [3.63, 3.8) is 0 Å². The summed E-state index contributed by atoms with van der Waals surface area (Å²) in [5.74, 6) is 0.499. The maximum Gasteiger partial charge on any atom is 0.251 e. The van der Waals surface area contributed by atoms with Crippen molar-refractivity contribution in [2.75, 3.05) is 20.3 Å². The van der Waals surface area contributed by atoms with Gasteiger partial charge >= 0.3 is 0 Å². The molecule has 0 saturated heterocycles. The van der Waals surface area contributed by atoms with E-state index in [1.807, 2.05) is 31.2 Å². The van der Waals surface area contributed by atoms with E-state index < -0.39 is 21.5 Å². The molecule has 2 aromatic rings. The molecule has 2 N–H and O–H groups in total. The highest BCUT2D eigenvalue weighted by Crippen LogP contribution is 2.26. The molecule has 29 heavy (non-hydrogen) atoms. The molecule has 0 aliphatic heterocycles. The van der Waals surface area contributed by atoms with Gasteiger partial charge in [-0.1, -0.05) is 12.1 Å². The summed E-state index contributed by atoms with van der Waals surface area (Å²) in [6.45, 7) is 7.76. The number of rotatable bonds is 8. The fourth-order valence-electron chi connectivity index (χ4n) is 2.63. The van der Waals surface area contributed by atoms with Crippen LogP contribution in [0.2, 0.25) is 0 Å². The van der Waals surface area contributed by atoms with E-state index in [4.69, 9.17) is 9.47 Å². The number of benzene rings is 2. The first-order valence-electron chi connectivity index (χ1n) is 9.21. The standard InChI is InChI=1S/C21H28N2O5S/c1-15-7-6-8-17(13-15)28-12-11-22-20(24)16-9-10-18(27-5)19(14-16)29(25,26)23-21(2,3)4/h6-10,13-14,23H,11-12H2,1-5H3,(H,22,24). The molecule has 0 unspecified atom stereocenters. The third-order valence-corrected chi connectivity index (χ3v) is 5.58. The summed E-state index contributed by atoms with van der Waals surface area (Å²) in [4.78, 5) is 12.4. The van der Waals surface area contributed by atoms with Crippen molar-refractivity contribution >= 4 is 15.9 Å². The molecule has 0 radical (unpaired) electrons. The Morgan fingerprint density at radius 3 is 2.45 bits per heavy atom. The molecular weight excluding hydrogens is 392 g/mol. The molecule has 2 aromatic carbocycles. The Labute approximate surface area is 172 Å².